The molecule has 11 nitrogen and oxygen atoms in total. The maximum atomic E-state index is 14.0. The lowest BCUT2D eigenvalue weighted by Gasteiger charge is -2.42. The van der Waals surface area contributed by atoms with Crippen LogP contribution in [0.2, 0.25) is 5.02 Å². The molecule has 13 heteroatoms. The van der Waals surface area contributed by atoms with Crippen LogP contribution in [0.5, 0.6) is 0 Å². The van der Waals surface area contributed by atoms with E-state index in [1.807, 2.05) is 0 Å². The maximum Gasteiger partial charge on any atom is 0.325 e. The average molecular weight is 542 g/mol. The lowest BCUT2D eigenvalue weighted by molar-refractivity contribution is -0.144. The zero-order valence-electron chi connectivity index (χ0n) is 20.8. The van der Waals surface area contributed by atoms with Gasteiger partial charge in [0, 0.05) is 31.7 Å². The summed E-state index contributed by atoms with van der Waals surface area (Å²) in [4.78, 5) is 64.9. The molecule has 0 bridgehead atoms. The summed E-state index contributed by atoms with van der Waals surface area (Å²) in [6, 6.07) is 7.91. The molecule has 0 unspecified atom stereocenters. The molecule has 1 aromatic carbocycles. The number of halogens is 2. The number of anilines is 1. The van der Waals surface area contributed by atoms with Crippen molar-refractivity contribution < 1.29 is 18.8 Å². The molecule has 2 aliphatic heterocycles. The Balaban J connectivity index is 1.50. The van der Waals surface area contributed by atoms with Crippen LogP contribution in [0.1, 0.15) is 22.8 Å². The minimum Gasteiger partial charge on any atom is -0.348 e. The van der Waals surface area contributed by atoms with Crippen molar-refractivity contribution in [2.45, 2.75) is 25.7 Å². The average Bonchev–Trinajstić information content (AvgIpc) is 3.21. The minimum atomic E-state index is -1.48. The van der Waals surface area contributed by atoms with Gasteiger partial charge >= 0.3 is 6.03 Å². The predicted octanol–water partition coefficient (Wildman–Crippen LogP) is 1.82. The summed E-state index contributed by atoms with van der Waals surface area (Å²) < 4.78 is 15.0. The molecule has 0 spiro atoms. The van der Waals surface area contributed by atoms with Crippen LogP contribution in [-0.2, 0) is 17.9 Å². The molecule has 2 fully saturated rings. The van der Waals surface area contributed by atoms with E-state index < -0.39 is 29.6 Å². The Morgan fingerprint density at radius 1 is 1.16 bits per heavy atom. The van der Waals surface area contributed by atoms with Crippen LogP contribution in [0.4, 0.5) is 15.0 Å². The maximum absolute atomic E-state index is 14.0. The summed E-state index contributed by atoms with van der Waals surface area (Å²) in [5, 5.41) is 3.25. The lowest BCUT2D eigenvalue weighted by Crippen LogP contribution is -2.60. The normalized spacial score (nSPS) is 16.6. The number of likely N-dealkylation sites (tertiary alicyclic amines) is 1. The van der Waals surface area contributed by atoms with Gasteiger partial charge in [0.15, 0.2) is 11.5 Å². The molecule has 2 aliphatic rings. The first-order valence-electron chi connectivity index (χ1n) is 11.9. The van der Waals surface area contributed by atoms with Gasteiger partial charge in [0.05, 0.1) is 19.3 Å². The van der Waals surface area contributed by atoms with Crippen molar-refractivity contribution in [1.29, 1.82) is 0 Å². The highest BCUT2D eigenvalue weighted by Gasteiger charge is 2.41. The lowest BCUT2D eigenvalue weighted by atomic mass is 9.99. The van der Waals surface area contributed by atoms with Crippen molar-refractivity contribution in [1.82, 2.24) is 29.7 Å². The zero-order valence-corrected chi connectivity index (χ0v) is 21.5. The van der Waals surface area contributed by atoms with Crippen molar-refractivity contribution in [2.24, 2.45) is 0 Å². The third kappa shape index (κ3) is 4.91. The summed E-state index contributed by atoms with van der Waals surface area (Å²) in [5.74, 6) is -0.895. The SMILES string of the molecule is CN1CCN(c2cnc3c(cc(C(=O)NCc4ccc(Cl)cc4)c(=O)n3CC(=O)N3CC(C)(F)C3)n2)C1=O. The van der Waals surface area contributed by atoms with E-state index in [4.69, 9.17) is 11.6 Å². The molecule has 2 aromatic heterocycles. The highest BCUT2D eigenvalue weighted by atomic mass is 35.5. The van der Waals surface area contributed by atoms with E-state index in [0.717, 1.165) is 10.1 Å². The standard InChI is InChI=1S/C25H25ClFN7O4/c1-25(27)13-32(14-25)20(35)12-34-21-18(30-19(11-28-21)33-8-7-31(2)24(33)38)9-17(23(34)37)22(36)29-10-15-3-5-16(26)6-4-15/h3-6,9,11H,7-8,10,12-14H2,1-2H3,(H,29,36). The molecule has 2 saturated heterocycles. The molecule has 3 aromatic rings. The van der Waals surface area contributed by atoms with E-state index in [1.54, 1.807) is 31.3 Å². The van der Waals surface area contributed by atoms with Crippen molar-refractivity contribution in [2.75, 3.05) is 38.1 Å². The molecule has 5 rings (SSSR count). The van der Waals surface area contributed by atoms with E-state index in [-0.39, 0.29) is 48.2 Å². The fraction of sp³-hybridized carbons (Fsp3) is 0.360. The Labute approximate surface area is 221 Å². The van der Waals surface area contributed by atoms with Gasteiger partial charge in [0.25, 0.3) is 11.5 Å². The van der Waals surface area contributed by atoms with Crippen LogP contribution in [-0.4, -0.2) is 81.1 Å². The smallest absolute Gasteiger partial charge is 0.325 e. The van der Waals surface area contributed by atoms with E-state index in [1.165, 1.54) is 33.9 Å². The Hall–Kier alpha value is -4.06. The van der Waals surface area contributed by atoms with Crippen molar-refractivity contribution >= 4 is 46.4 Å². The Morgan fingerprint density at radius 3 is 2.50 bits per heavy atom. The van der Waals surface area contributed by atoms with Crippen molar-refractivity contribution in [3.63, 3.8) is 0 Å². The highest BCUT2D eigenvalue weighted by Crippen LogP contribution is 2.25. The first-order valence-corrected chi connectivity index (χ1v) is 12.3. The minimum absolute atomic E-state index is 0.0740. The van der Waals surface area contributed by atoms with Crippen LogP contribution in [0.15, 0.2) is 41.3 Å². The first kappa shape index (κ1) is 25.6. The number of aromatic nitrogens is 3. The highest BCUT2D eigenvalue weighted by molar-refractivity contribution is 6.30. The number of likely N-dealkylation sites (N-methyl/N-ethyl adjacent to an activating group) is 1. The van der Waals surface area contributed by atoms with Gasteiger partial charge in [-0.05, 0) is 30.7 Å². The molecule has 38 heavy (non-hydrogen) atoms. The number of pyridine rings is 1. The van der Waals surface area contributed by atoms with Gasteiger partial charge in [-0.3, -0.25) is 23.9 Å². The number of nitrogens with zero attached hydrogens (tertiary/aromatic N) is 6. The summed E-state index contributed by atoms with van der Waals surface area (Å²) in [6.45, 7) is 1.83. The predicted molar refractivity (Wildman–Crippen MR) is 138 cm³/mol. The van der Waals surface area contributed by atoms with Gasteiger partial charge in [-0.2, -0.15) is 0 Å². The van der Waals surface area contributed by atoms with Crippen LogP contribution in [0, 0.1) is 0 Å². The van der Waals surface area contributed by atoms with E-state index in [2.05, 4.69) is 15.3 Å². The van der Waals surface area contributed by atoms with Gasteiger partial charge in [-0.25, -0.2) is 19.2 Å². The number of benzene rings is 1. The van der Waals surface area contributed by atoms with Crippen LogP contribution in [0.3, 0.4) is 0 Å². The number of hydrogen-bond acceptors (Lipinski definition) is 6. The number of hydrogen-bond donors (Lipinski definition) is 1. The number of nitrogens with one attached hydrogen (secondary N) is 1. The second-order valence-electron chi connectivity index (χ2n) is 9.71. The second kappa shape index (κ2) is 9.67. The summed E-state index contributed by atoms with van der Waals surface area (Å²) in [5.41, 5.74) is -1.45. The zero-order chi connectivity index (χ0) is 27.2. The number of urea groups is 1. The van der Waals surface area contributed by atoms with Crippen LogP contribution >= 0.6 is 11.6 Å². The Bertz CT molecular complexity index is 1500. The molecule has 0 radical (unpaired) electrons. The molecule has 0 saturated carbocycles. The van der Waals surface area contributed by atoms with Gasteiger partial charge in [-0.15, -0.1) is 0 Å². The molecule has 0 atom stereocenters. The summed E-state index contributed by atoms with van der Waals surface area (Å²) >= 11 is 5.91. The summed E-state index contributed by atoms with van der Waals surface area (Å²) in [6.07, 6.45) is 1.35. The molecule has 4 amide bonds. The second-order valence-corrected chi connectivity index (χ2v) is 10.2. The topological polar surface area (TPSA) is 121 Å². The van der Waals surface area contributed by atoms with Gasteiger partial charge in [0.1, 0.15) is 23.3 Å². The molecule has 4 heterocycles. The van der Waals surface area contributed by atoms with Crippen molar-refractivity contribution in [3.05, 3.63) is 63.0 Å². The quantitative estimate of drug-likeness (QED) is 0.508. The molecular formula is C25H25ClFN7O4. The number of alkyl halides is 1. The number of carbonyl (C=O) groups excluding carboxylic acids is 3. The van der Waals surface area contributed by atoms with Crippen LogP contribution < -0.4 is 15.8 Å². The monoisotopic (exact) mass is 541 g/mol. The fourth-order valence-electron chi connectivity index (χ4n) is 4.47. The van der Waals surface area contributed by atoms with Crippen LogP contribution in [0.25, 0.3) is 11.2 Å². The van der Waals surface area contributed by atoms with Gasteiger partial charge < -0.3 is 15.1 Å². The van der Waals surface area contributed by atoms with E-state index in [0.29, 0.717) is 18.1 Å². The first-order chi connectivity index (χ1) is 18.0. The Morgan fingerprint density at radius 2 is 1.87 bits per heavy atom. The molecule has 198 valence electrons. The number of rotatable bonds is 6. The van der Waals surface area contributed by atoms with E-state index in [9.17, 15) is 23.6 Å². The van der Waals surface area contributed by atoms with Gasteiger partial charge in [0.2, 0.25) is 5.91 Å². The number of amides is 4. The molecular weight excluding hydrogens is 517 g/mol. The number of fused-ring (bicyclic) bond motifs is 1. The number of carbonyl (C=O) groups is 3. The summed E-state index contributed by atoms with van der Waals surface area (Å²) in [7, 11) is 1.67. The van der Waals surface area contributed by atoms with Crippen molar-refractivity contribution in [3.8, 4) is 0 Å². The third-order valence-electron chi connectivity index (χ3n) is 6.57. The fourth-order valence-corrected chi connectivity index (χ4v) is 4.60. The van der Waals surface area contributed by atoms with E-state index >= 15 is 0 Å². The largest absolute Gasteiger partial charge is 0.348 e. The Kier molecular flexibility index (Phi) is 6.51. The third-order valence-corrected chi connectivity index (χ3v) is 6.82. The molecule has 1 N–H and O–H groups in total. The molecule has 0 aliphatic carbocycles. The van der Waals surface area contributed by atoms with Gasteiger partial charge in [-0.1, -0.05) is 23.7 Å².